The fourth-order valence-corrected chi connectivity index (χ4v) is 5.71. The summed E-state index contributed by atoms with van der Waals surface area (Å²) in [6, 6.07) is 3.83. The second-order valence-electron chi connectivity index (χ2n) is 6.66. The molecule has 1 aliphatic rings. The van der Waals surface area contributed by atoms with Gasteiger partial charge in [-0.3, -0.25) is 4.79 Å². The molecule has 1 amide bonds. The summed E-state index contributed by atoms with van der Waals surface area (Å²) in [5, 5.41) is 2.12. The Labute approximate surface area is 160 Å². The molecule has 7 heteroatoms. The fourth-order valence-electron chi connectivity index (χ4n) is 3.30. The van der Waals surface area contributed by atoms with E-state index in [0.29, 0.717) is 12.3 Å². The highest BCUT2D eigenvalue weighted by molar-refractivity contribution is 8.00. The average molecular weight is 388 g/mol. The van der Waals surface area contributed by atoms with Crippen LogP contribution in [0.3, 0.4) is 0 Å². The van der Waals surface area contributed by atoms with Gasteiger partial charge in [0, 0.05) is 17.3 Å². The number of furan rings is 1. The first-order valence-corrected chi connectivity index (χ1v) is 10.5. The van der Waals surface area contributed by atoms with Gasteiger partial charge in [0.05, 0.1) is 12.3 Å². The molecule has 0 fully saturated rings. The lowest BCUT2D eigenvalue weighted by molar-refractivity contribution is -0.127. The van der Waals surface area contributed by atoms with Gasteiger partial charge in [0.25, 0.3) is 0 Å². The van der Waals surface area contributed by atoms with Crippen LogP contribution in [0.25, 0.3) is 10.2 Å². The van der Waals surface area contributed by atoms with Crippen molar-refractivity contribution in [2.45, 2.75) is 44.7 Å². The van der Waals surface area contributed by atoms with Crippen LogP contribution in [-0.4, -0.2) is 33.6 Å². The summed E-state index contributed by atoms with van der Waals surface area (Å²) in [7, 11) is 1.81. The van der Waals surface area contributed by atoms with Crippen molar-refractivity contribution in [2.24, 2.45) is 0 Å². The van der Waals surface area contributed by atoms with Gasteiger partial charge in [0.2, 0.25) is 5.91 Å². The maximum atomic E-state index is 12.5. The molecule has 1 aliphatic carbocycles. The Hall–Kier alpha value is -1.86. The average Bonchev–Trinajstić information content (AvgIpc) is 3.27. The molecule has 0 aromatic carbocycles. The molecule has 3 aromatic rings. The molecule has 0 aliphatic heterocycles. The van der Waals surface area contributed by atoms with Crippen molar-refractivity contribution in [3.63, 3.8) is 0 Å². The number of rotatable bonds is 5. The highest BCUT2D eigenvalue weighted by Crippen LogP contribution is 2.40. The van der Waals surface area contributed by atoms with Crippen LogP contribution in [0, 0.1) is 13.8 Å². The second kappa shape index (κ2) is 7.04. The van der Waals surface area contributed by atoms with E-state index in [2.05, 4.69) is 9.97 Å². The molecule has 0 radical (unpaired) electrons. The predicted molar refractivity (Wildman–Crippen MR) is 105 cm³/mol. The monoisotopic (exact) mass is 387 g/mol. The Morgan fingerprint density at radius 3 is 2.92 bits per heavy atom. The number of aromatic nitrogens is 2. The Balaban J connectivity index is 1.49. The molecule has 3 aromatic heterocycles. The molecule has 3 heterocycles. The van der Waals surface area contributed by atoms with Crippen LogP contribution in [0.1, 0.15) is 34.2 Å². The van der Waals surface area contributed by atoms with E-state index in [1.165, 1.54) is 34.0 Å². The summed E-state index contributed by atoms with van der Waals surface area (Å²) in [4.78, 5) is 26.0. The van der Waals surface area contributed by atoms with Crippen LogP contribution in [-0.2, 0) is 24.2 Å². The van der Waals surface area contributed by atoms with Gasteiger partial charge in [-0.2, -0.15) is 0 Å². The summed E-state index contributed by atoms with van der Waals surface area (Å²) in [6.07, 6.45) is 3.45. The van der Waals surface area contributed by atoms with E-state index in [4.69, 9.17) is 4.42 Å². The number of carbonyl (C=O) groups excluding carboxylic acids is 1. The number of carbonyl (C=O) groups is 1. The van der Waals surface area contributed by atoms with Gasteiger partial charge in [-0.15, -0.1) is 11.3 Å². The van der Waals surface area contributed by atoms with Gasteiger partial charge in [-0.1, -0.05) is 11.8 Å². The number of fused-ring (bicyclic) bond motifs is 3. The zero-order valence-corrected chi connectivity index (χ0v) is 16.8. The SMILES string of the molecule is Cc1nc(SCC(=O)N(C)Cc2ccc(C)o2)c2c3c(sc2n1)CCC3. The Morgan fingerprint density at radius 2 is 2.15 bits per heavy atom. The second-order valence-corrected chi connectivity index (χ2v) is 8.71. The van der Waals surface area contributed by atoms with Gasteiger partial charge in [-0.05, 0) is 50.8 Å². The number of hydrogen-bond donors (Lipinski definition) is 0. The number of hydrogen-bond acceptors (Lipinski definition) is 6. The van der Waals surface area contributed by atoms with Crippen LogP contribution in [0.2, 0.25) is 0 Å². The Morgan fingerprint density at radius 1 is 1.31 bits per heavy atom. The lowest BCUT2D eigenvalue weighted by Crippen LogP contribution is -2.27. The van der Waals surface area contributed by atoms with Crippen molar-refractivity contribution in [1.29, 1.82) is 0 Å². The molecule has 5 nitrogen and oxygen atoms in total. The molecular formula is C19H21N3O2S2. The summed E-state index contributed by atoms with van der Waals surface area (Å²) in [6.45, 7) is 4.31. The largest absolute Gasteiger partial charge is 0.464 e. The van der Waals surface area contributed by atoms with Gasteiger partial charge in [0.1, 0.15) is 27.2 Å². The maximum absolute atomic E-state index is 12.5. The molecule has 0 unspecified atom stereocenters. The smallest absolute Gasteiger partial charge is 0.233 e. The van der Waals surface area contributed by atoms with Crippen molar-refractivity contribution in [1.82, 2.24) is 14.9 Å². The predicted octanol–water partition coefficient (Wildman–Crippen LogP) is 4.14. The van der Waals surface area contributed by atoms with E-state index in [1.54, 1.807) is 16.2 Å². The molecule has 0 saturated carbocycles. The van der Waals surface area contributed by atoms with E-state index in [1.807, 2.05) is 33.0 Å². The van der Waals surface area contributed by atoms with Crippen molar-refractivity contribution < 1.29 is 9.21 Å². The molecule has 0 saturated heterocycles. The lowest BCUT2D eigenvalue weighted by atomic mass is 10.2. The molecule has 0 spiro atoms. The zero-order chi connectivity index (χ0) is 18.3. The highest BCUT2D eigenvalue weighted by atomic mass is 32.2. The Bertz CT molecular complexity index is 977. The molecule has 0 N–H and O–H groups in total. The summed E-state index contributed by atoms with van der Waals surface area (Å²) in [5.74, 6) is 2.87. The molecular weight excluding hydrogens is 366 g/mol. The normalized spacial score (nSPS) is 13.3. The van der Waals surface area contributed by atoms with Crippen molar-refractivity contribution in [2.75, 3.05) is 12.8 Å². The molecule has 0 atom stereocenters. The van der Waals surface area contributed by atoms with Crippen LogP contribution < -0.4 is 0 Å². The third kappa shape index (κ3) is 3.38. The van der Waals surface area contributed by atoms with E-state index in [0.717, 1.165) is 40.0 Å². The summed E-state index contributed by atoms with van der Waals surface area (Å²) in [5.41, 5.74) is 1.40. The van der Waals surface area contributed by atoms with E-state index >= 15 is 0 Å². The third-order valence-corrected chi connectivity index (χ3v) is 6.74. The van der Waals surface area contributed by atoms with Crippen molar-refractivity contribution >= 4 is 39.2 Å². The first-order valence-electron chi connectivity index (χ1n) is 8.72. The maximum Gasteiger partial charge on any atom is 0.233 e. The third-order valence-electron chi connectivity index (χ3n) is 4.59. The number of aryl methyl sites for hydroxylation is 4. The van der Waals surface area contributed by atoms with Crippen LogP contribution >= 0.6 is 23.1 Å². The van der Waals surface area contributed by atoms with Crippen molar-refractivity contribution in [3.05, 3.63) is 39.9 Å². The minimum atomic E-state index is 0.0698. The Kier molecular flexibility index (Phi) is 4.75. The van der Waals surface area contributed by atoms with Crippen LogP contribution in [0.15, 0.2) is 21.6 Å². The first kappa shape index (κ1) is 17.5. The standard InChI is InChI=1S/C19H21N3O2S2/c1-11-7-8-13(24-11)9-22(3)16(23)10-25-18-17-14-5-4-6-15(14)26-19(17)21-12(2)20-18/h7-8H,4-6,9-10H2,1-3H3. The summed E-state index contributed by atoms with van der Waals surface area (Å²) >= 11 is 3.31. The van der Waals surface area contributed by atoms with Crippen molar-refractivity contribution in [3.8, 4) is 0 Å². The van der Waals surface area contributed by atoms with E-state index in [9.17, 15) is 4.79 Å². The van der Waals surface area contributed by atoms with Crippen LogP contribution in [0.4, 0.5) is 0 Å². The van der Waals surface area contributed by atoms with E-state index in [-0.39, 0.29) is 5.91 Å². The lowest BCUT2D eigenvalue weighted by Gasteiger charge is -2.15. The minimum Gasteiger partial charge on any atom is -0.464 e. The number of thioether (sulfide) groups is 1. The van der Waals surface area contributed by atoms with Gasteiger partial charge in [0.15, 0.2) is 0 Å². The minimum absolute atomic E-state index is 0.0698. The number of thiophene rings is 1. The molecule has 4 rings (SSSR count). The summed E-state index contributed by atoms with van der Waals surface area (Å²) < 4.78 is 5.56. The molecule has 0 bridgehead atoms. The van der Waals surface area contributed by atoms with Gasteiger partial charge >= 0.3 is 0 Å². The number of nitrogens with zero attached hydrogens (tertiary/aromatic N) is 3. The molecule has 26 heavy (non-hydrogen) atoms. The fraction of sp³-hybridized carbons (Fsp3) is 0.421. The highest BCUT2D eigenvalue weighted by Gasteiger charge is 2.23. The molecule has 136 valence electrons. The first-order chi connectivity index (χ1) is 12.5. The topological polar surface area (TPSA) is 59.2 Å². The van der Waals surface area contributed by atoms with Crippen LogP contribution in [0.5, 0.6) is 0 Å². The van der Waals surface area contributed by atoms with Gasteiger partial charge in [-0.25, -0.2) is 9.97 Å². The van der Waals surface area contributed by atoms with E-state index < -0.39 is 0 Å². The van der Waals surface area contributed by atoms with Gasteiger partial charge < -0.3 is 9.32 Å². The quantitative estimate of drug-likeness (QED) is 0.486. The number of amides is 1. The zero-order valence-electron chi connectivity index (χ0n) is 15.2.